The molecule has 0 aliphatic carbocycles. The van der Waals surface area contributed by atoms with Crippen molar-refractivity contribution in [3.05, 3.63) is 59.2 Å². The molecular formula is C15H14F2N2O2. The van der Waals surface area contributed by atoms with Gasteiger partial charge >= 0.3 is 0 Å². The predicted octanol–water partition coefficient (Wildman–Crippen LogP) is 2.64. The van der Waals surface area contributed by atoms with E-state index in [1.807, 2.05) is 0 Å². The standard InChI is InChI=1S/C15H14F2N2O2/c1-18-15(21)10-3-2-4-11(7-10)19-8-9-5-12(16)14(20)13(17)6-9/h2-7,19-20H,8H2,1H3,(H,18,21). The topological polar surface area (TPSA) is 61.4 Å². The van der Waals surface area contributed by atoms with Crippen LogP contribution in [0.5, 0.6) is 5.75 Å². The van der Waals surface area contributed by atoms with E-state index in [-0.39, 0.29) is 12.5 Å². The maximum absolute atomic E-state index is 13.2. The zero-order valence-electron chi connectivity index (χ0n) is 11.3. The highest BCUT2D eigenvalue weighted by molar-refractivity contribution is 5.94. The van der Waals surface area contributed by atoms with Crippen molar-refractivity contribution in [2.24, 2.45) is 0 Å². The Morgan fingerprint density at radius 3 is 2.48 bits per heavy atom. The van der Waals surface area contributed by atoms with E-state index >= 15 is 0 Å². The number of amides is 1. The van der Waals surface area contributed by atoms with Gasteiger partial charge in [0.1, 0.15) is 0 Å². The smallest absolute Gasteiger partial charge is 0.251 e. The number of carbonyl (C=O) groups is 1. The van der Waals surface area contributed by atoms with Gasteiger partial charge in [-0.2, -0.15) is 0 Å². The van der Waals surface area contributed by atoms with E-state index in [1.54, 1.807) is 24.3 Å². The minimum absolute atomic E-state index is 0.158. The number of benzene rings is 2. The lowest BCUT2D eigenvalue weighted by Gasteiger charge is -2.09. The Morgan fingerprint density at radius 2 is 1.86 bits per heavy atom. The molecule has 0 radical (unpaired) electrons. The normalized spacial score (nSPS) is 10.2. The molecule has 0 saturated carbocycles. The van der Waals surface area contributed by atoms with Gasteiger partial charge in [-0.1, -0.05) is 6.07 Å². The van der Waals surface area contributed by atoms with Gasteiger partial charge < -0.3 is 15.7 Å². The van der Waals surface area contributed by atoms with Crippen molar-refractivity contribution in [1.29, 1.82) is 0 Å². The Kier molecular flexibility index (Phi) is 4.37. The molecule has 3 N–H and O–H groups in total. The van der Waals surface area contributed by atoms with Crippen molar-refractivity contribution in [3.8, 4) is 5.75 Å². The van der Waals surface area contributed by atoms with Gasteiger partial charge in [0.05, 0.1) is 0 Å². The molecule has 0 unspecified atom stereocenters. The summed E-state index contributed by atoms with van der Waals surface area (Å²) in [6.45, 7) is 0.158. The second-order valence-electron chi connectivity index (χ2n) is 4.42. The quantitative estimate of drug-likeness (QED) is 0.812. The number of anilines is 1. The first-order valence-electron chi connectivity index (χ1n) is 6.24. The Labute approximate surface area is 120 Å². The molecule has 1 amide bonds. The van der Waals surface area contributed by atoms with Crippen LogP contribution in [0.4, 0.5) is 14.5 Å². The molecule has 4 nitrogen and oxygen atoms in total. The molecule has 21 heavy (non-hydrogen) atoms. The fourth-order valence-electron chi connectivity index (χ4n) is 1.84. The fourth-order valence-corrected chi connectivity index (χ4v) is 1.84. The third kappa shape index (κ3) is 3.47. The second kappa shape index (κ2) is 6.21. The summed E-state index contributed by atoms with van der Waals surface area (Å²) in [4.78, 5) is 11.5. The molecule has 0 saturated heterocycles. The van der Waals surface area contributed by atoms with Gasteiger partial charge in [-0.05, 0) is 35.9 Å². The summed E-state index contributed by atoms with van der Waals surface area (Å²) in [5.41, 5.74) is 1.46. The van der Waals surface area contributed by atoms with Crippen molar-refractivity contribution in [1.82, 2.24) is 5.32 Å². The minimum Gasteiger partial charge on any atom is -0.503 e. The number of hydrogen-bond donors (Lipinski definition) is 3. The van der Waals surface area contributed by atoms with Crippen molar-refractivity contribution in [2.45, 2.75) is 6.54 Å². The fraction of sp³-hybridized carbons (Fsp3) is 0.133. The highest BCUT2D eigenvalue weighted by Crippen LogP contribution is 2.22. The first-order valence-corrected chi connectivity index (χ1v) is 6.24. The van der Waals surface area contributed by atoms with Gasteiger partial charge in [-0.3, -0.25) is 4.79 Å². The Hall–Kier alpha value is -2.63. The Bertz CT molecular complexity index is 651. The summed E-state index contributed by atoms with van der Waals surface area (Å²) in [7, 11) is 1.53. The van der Waals surface area contributed by atoms with Gasteiger partial charge in [0.2, 0.25) is 0 Å². The molecule has 0 aliphatic heterocycles. The first-order chi connectivity index (χ1) is 10.0. The maximum Gasteiger partial charge on any atom is 0.251 e. The van der Waals surface area contributed by atoms with Crippen LogP contribution < -0.4 is 10.6 Å². The molecule has 0 bridgehead atoms. The van der Waals surface area contributed by atoms with Gasteiger partial charge in [-0.15, -0.1) is 0 Å². The molecule has 0 atom stereocenters. The van der Waals surface area contributed by atoms with E-state index in [0.29, 0.717) is 16.8 Å². The van der Waals surface area contributed by atoms with E-state index < -0.39 is 17.4 Å². The van der Waals surface area contributed by atoms with Crippen LogP contribution in [0.2, 0.25) is 0 Å². The lowest BCUT2D eigenvalue weighted by molar-refractivity contribution is 0.0963. The predicted molar refractivity (Wildman–Crippen MR) is 75.2 cm³/mol. The highest BCUT2D eigenvalue weighted by atomic mass is 19.1. The van der Waals surface area contributed by atoms with Crippen molar-refractivity contribution in [3.63, 3.8) is 0 Å². The zero-order valence-corrected chi connectivity index (χ0v) is 11.3. The van der Waals surface area contributed by atoms with Crippen molar-refractivity contribution < 1.29 is 18.7 Å². The minimum atomic E-state index is -1.01. The third-order valence-electron chi connectivity index (χ3n) is 2.93. The second-order valence-corrected chi connectivity index (χ2v) is 4.42. The lowest BCUT2D eigenvalue weighted by Crippen LogP contribution is -2.17. The molecule has 2 rings (SSSR count). The number of phenols is 1. The molecule has 6 heteroatoms. The number of rotatable bonds is 4. The van der Waals surface area contributed by atoms with E-state index in [1.165, 1.54) is 7.05 Å². The highest BCUT2D eigenvalue weighted by Gasteiger charge is 2.09. The molecule has 0 fully saturated rings. The van der Waals surface area contributed by atoms with E-state index in [4.69, 9.17) is 5.11 Å². The van der Waals surface area contributed by atoms with E-state index in [2.05, 4.69) is 10.6 Å². The number of phenolic OH excluding ortho intramolecular Hbond substituents is 1. The van der Waals surface area contributed by atoms with Crippen LogP contribution in [0.1, 0.15) is 15.9 Å². The molecule has 0 aliphatic rings. The monoisotopic (exact) mass is 292 g/mol. The lowest BCUT2D eigenvalue weighted by atomic mass is 10.1. The summed E-state index contributed by atoms with van der Waals surface area (Å²) >= 11 is 0. The number of aromatic hydroxyl groups is 1. The number of hydrogen-bond acceptors (Lipinski definition) is 3. The molecule has 2 aromatic rings. The number of nitrogens with one attached hydrogen (secondary N) is 2. The van der Waals surface area contributed by atoms with E-state index in [9.17, 15) is 13.6 Å². The third-order valence-corrected chi connectivity index (χ3v) is 2.93. The van der Waals surface area contributed by atoms with Crippen LogP contribution in [0.15, 0.2) is 36.4 Å². The largest absolute Gasteiger partial charge is 0.503 e. The summed E-state index contributed by atoms with van der Waals surface area (Å²) < 4.78 is 26.4. The van der Waals surface area contributed by atoms with Gasteiger partial charge in [0.15, 0.2) is 17.4 Å². The van der Waals surface area contributed by atoms with Crippen molar-refractivity contribution in [2.75, 3.05) is 12.4 Å². The summed E-state index contributed by atoms with van der Waals surface area (Å²) in [5, 5.41) is 14.5. The molecule has 2 aromatic carbocycles. The Balaban J connectivity index is 2.11. The van der Waals surface area contributed by atoms with E-state index in [0.717, 1.165) is 12.1 Å². The summed E-state index contributed by atoms with van der Waals surface area (Å²) in [5.74, 6) is -3.22. The van der Waals surface area contributed by atoms with Crippen LogP contribution in [-0.2, 0) is 6.54 Å². The van der Waals surface area contributed by atoms with Gasteiger partial charge in [-0.25, -0.2) is 8.78 Å². The average Bonchev–Trinajstić information content (AvgIpc) is 2.50. The summed E-state index contributed by atoms with van der Waals surface area (Å²) in [6, 6.07) is 8.82. The van der Waals surface area contributed by atoms with Gasteiger partial charge in [0, 0.05) is 24.8 Å². The van der Waals surface area contributed by atoms with Crippen LogP contribution in [0, 0.1) is 11.6 Å². The molecular weight excluding hydrogens is 278 g/mol. The van der Waals surface area contributed by atoms with Crippen LogP contribution in [0.3, 0.4) is 0 Å². The average molecular weight is 292 g/mol. The Morgan fingerprint density at radius 1 is 1.19 bits per heavy atom. The van der Waals surface area contributed by atoms with Crippen LogP contribution in [-0.4, -0.2) is 18.1 Å². The molecule has 110 valence electrons. The molecule has 0 spiro atoms. The van der Waals surface area contributed by atoms with Crippen LogP contribution in [0.25, 0.3) is 0 Å². The van der Waals surface area contributed by atoms with Crippen molar-refractivity contribution >= 4 is 11.6 Å². The SMILES string of the molecule is CNC(=O)c1cccc(NCc2cc(F)c(O)c(F)c2)c1. The van der Waals surface area contributed by atoms with Crippen LogP contribution >= 0.6 is 0 Å². The first kappa shape index (κ1) is 14.8. The zero-order chi connectivity index (χ0) is 15.4. The number of carbonyl (C=O) groups excluding carboxylic acids is 1. The molecule has 0 heterocycles. The van der Waals surface area contributed by atoms with Gasteiger partial charge in [0.25, 0.3) is 5.91 Å². The maximum atomic E-state index is 13.2. The summed E-state index contributed by atoms with van der Waals surface area (Å²) in [6.07, 6.45) is 0. The number of halogens is 2. The molecule has 0 aromatic heterocycles.